The van der Waals surface area contributed by atoms with Gasteiger partial charge in [-0.3, -0.25) is 14.8 Å². The zero-order chi connectivity index (χ0) is 26.6. The van der Waals surface area contributed by atoms with E-state index >= 15 is 0 Å². The Morgan fingerprint density at radius 2 is 1.41 bits per heavy atom. The Kier molecular flexibility index (Phi) is 6.10. The first-order chi connectivity index (χ1) is 19.0. The highest BCUT2D eigenvalue weighted by Gasteiger charge is 2.71. The summed E-state index contributed by atoms with van der Waals surface area (Å²) in [5.41, 5.74) is 4.44. The van der Waals surface area contributed by atoms with Crippen molar-refractivity contribution in [3.8, 4) is 5.75 Å². The Morgan fingerprint density at radius 3 is 2.08 bits per heavy atom. The van der Waals surface area contributed by atoms with Gasteiger partial charge in [-0.15, -0.1) is 0 Å². The van der Waals surface area contributed by atoms with Gasteiger partial charge in [0.15, 0.2) is 0 Å². The van der Waals surface area contributed by atoms with Crippen LogP contribution in [0.2, 0.25) is 0 Å². The molecule has 0 bridgehead atoms. The fourth-order valence-corrected chi connectivity index (χ4v) is 6.68. The van der Waals surface area contributed by atoms with E-state index in [0.717, 1.165) is 65.1 Å². The molecule has 4 atom stereocenters. The lowest BCUT2D eigenvalue weighted by molar-refractivity contribution is 0.0400. The lowest BCUT2D eigenvalue weighted by atomic mass is 9.90. The Balaban J connectivity index is 1.04. The zero-order valence-electron chi connectivity index (χ0n) is 21.6. The number of aromatic nitrogens is 1. The molecule has 7 heteroatoms. The van der Waals surface area contributed by atoms with Crippen molar-refractivity contribution < 1.29 is 18.6 Å². The second kappa shape index (κ2) is 9.66. The summed E-state index contributed by atoms with van der Waals surface area (Å²) in [7, 11) is 0. The van der Waals surface area contributed by atoms with Crippen LogP contribution in [0.25, 0.3) is 10.9 Å². The third kappa shape index (κ3) is 4.29. The maximum absolute atomic E-state index is 15.0. The molecule has 1 aromatic heterocycles. The van der Waals surface area contributed by atoms with E-state index in [4.69, 9.17) is 4.74 Å². The fourth-order valence-electron chi connectivity index (χ4n) is 6.68. The molecule has 7 rings (SSSR count). The van der Waals surface area contributed by atoms with Crippen LogP contribution in [0.3, 0.4) is 0 Å². The maximum atomic E-state index is 15.0. The van der Waals surface area contributed by atoms with Crippen LogP contribution in [-0.2, 0) is 0 Å². The van der Waals surface area contributed by atoms with Crippen molar-refractivity contribution in [1.29, 1.82) is 0 Å². The molecule has 4 aromatic rings. The molecule has 2 fully saturated rings. The molecule has 3 aromatic carbocycles. The highest BCUT2D eigenvalue weighted by Crippen LogP contribution is 2.70. The number of aliphatic hydroxyl groups excluding tert-OH is 1. The number of rotatable bonds is 6. The first-order valence-corrected chi connectivity index (χ1v) is 13.7. The average Bonchev–Trinajstić information content (AvgIpc) is 3.58. The maximum Gasteiger partial charge on any atom is 0.263 e. The number of aliphatic hydroxyl groups is 1. The lowest BCUT2D eigenvalue weighted by Crippen LogP contribution is -2.50. The van der Waals surface area contributed by atoms with Crippen molar-refractivity contribution in [2.75, 3.05) is 39.3 Å². The number of halogens is 2. The van der Waals surface area contributed by atoms with Gasteiger partial charge in [-0.25, -0.2) is 8.78 Å². The lowest BCUT2D eigenvalue weighted by Gasteiger charge is -2.41. The van der Waals surface area contributed by atoms with Gasteiger partial charge in [-0.1, -0.05) is 60.7 Å². The van der Waals surface area contributed by atoms with E-state index in [1.165, 1.54) is 0 Å². The quantitative estimate of drug-likeness (QED) is 0.373. The van der Waals surface area contributed by atoms with Crippen molar-refractivity contribution in [3.05, 3.63) is 107 Å². The highest BCUT2D eigenvalue weighted by molar-refractivity contribution is 5.84. The second-order valence-electron chi connectivity index (χ2n) is 10.9. The normalized spacial score (nSPS) is 24.7. The van der Waals surface area contributed by atoms with Gasteiger partial charge >= 0.3 is 0 Å². The zero-order valence-corrected chi connectivity index (χ0v) is 21.6. The van der Waals surface area contributed by atoms with Crippen molar-refractivity contribution in [3.63, 3.8) is 0 Å². The van der Waals surface area contributed by atoms with E-state index in [2.05, 4.69) is 14.8 Å². The molecular weight excluding hydrogens is 496 g/mol. The van der Waals surface area contributed by atoms with Crippen LogP contribution in [0.4, 0.5) is 8.78 Å². The summed E-state index contributed by atoms with van der Waals surface area (Å²) >= 11 is 0. The molecule has 0 radical (unpaired) electrons. The molecule has 200 valence electrons. The molecule has 39 heavy (non-hydrogen) atoms. The molecule has 1 aliphatic heterocycles. The molecule has 1 unspecified atom stereocenters. The summed E-state index contributed by atoms with van der Waals surface area (Å²) in [6, 6.07) is 25.1. The number of benzene rings is 3. The number of alkyl halides is 2. The minimum absolute atomic E-state index is 0.0450. The third-order valence-corrected chi connectivity index (χ3v) is 8.59. The summed E-state index contributed by atoms with van der Waals surface area (Å²) in [5, 5.41) is 11.7. The SMILES string of the molecule is O[C@@H](COc1ccnc2ccccc12)CN1CCN(C2c3ccccc3[C@@H]3[C@H](c4ccccc42)C3(F)F)CC1. The number of hydrogen-bond donors (Lipinski definition) is 1. The first kappa shape index (κ1) is 24.6. The number of β-amino-alcohol motifs (C(OH)–C–C–N with tert-alkyl or cyclic N) is 1. The molecule has 2 aliphatic carbocycles. The largest absolute Gasteiger partial charge is 0.490 e. The van der Waals surface area contributed by atoms with E-state index in [9.17, 15) is 13.9 Å². The van der Waals surface area contributed by atoms with Crippen LogP contribution in [0, 0.1) is 0 Å². The third-order valence-electron chi connectivity index (χ3n) is 8.59. The summed E-state index contributed by atoms with van der Waals surface area (Å²) in [4.78, 5) is 9.04. The predicted octanol–water partition coefficient (Wildman–Crippen LogP) is 5.21. The number of para-hydroxylation sites is 1. The number of nitrogens with zero attached hydrogens (tertiary/aromatic N) is 3. The summed E-state index contributed by atoms with van der Waals surface area (Å²) in [6.07, 6.45) is 1.09. The molecular formula is C32H31F2N3O2. The van der Waals surface area contributed by atoms with E-state index in [1.807, 2.05) is 78.9 Å². The van der Waals surface area contributed by atoms with Gasteiger partial charge in [0.2, 0.25) is 0 Å². The number of hydrogen-bond acceptors (Lipinski definition) is 5. The van der Waals surface area contributed by atoms with Crippen LogP contribution in [0.1, 0.15) is 40.1 Å². The standard InChI is InChI=1S/C32H31F2N3O2/c33-32(34)29-22-7-1-3-9-24(22)31(25-10-4-2-8-23(25)30(29)32)37-17-15-36(16-18-37)19-21(38)20-39-28-13-14-35-27-12-6-5-11-26(27)28/h1-14,21,29-31,38H,15-20H2/t21-,29-,30+,31?/m1/s1. The fraction of sp³-hybridized carbons (Fsp3) is 0.344. The van der Waals surface area contributed by atoms with Gasteiger partial charge in [0.25, 0.3) is 5.92 Å². The van der Waals surface area contributed by atoms with E-state index < -0.39 is 23.9 Å². The van der Waals surface area contributed by atoms with Crippen molar-refractivity contribution >= 4 is 10.9 Å². The highest BCUT2D eigenvalue weighted by atomic mass is 19.3. The van der Waals surface area contributed by atoms with Gasteiger partial charge in [0, 0.05) is 44.3 Å². The molecule has 1 saturated carbocycles. The minimum atomic E-state index is -2.70. The topological polar surface area (TPSA) is 48.8 Å². The van der Waals surface area contributed by atoms with Gasteiger partial charge in [0.1, 0.15) is 18.5 Å². The van der Waals surface area contributed by atoms with Gasteiger partial charge in [0.05, 0.1) is 23.4 Å². The Morgan fingerprint density at radius 1 is 0.821 bits per heavy atom. The molecule has 0 amide bonds. The molecule has 5 nitrogen and oxygen atoms in total. The number of pyridine rings is 1. The molecule has 1 N–H and O–H groups in total. The Hall–Kier alpha value is -3.39. The summed E-state index contributed by atoms with van der Waals surface area (Å²) in [6.45, 7) is 3.89. The molecule has 1 saturated heterocycles. The van der Waals surface area contributed by atoms with Crippen LogP contribution in [0.5, 0.6) is 5.75 Å². The molecule has 3 aliphatic rings. The monoisotopic (exact) mass is 527 g/mol. The molecule has 2 heterocycles. The van der Waals surface area contributed by atoms with Crippen LogP contribution in [-0.4, -0.2) is 71.2 Å². The average molecular weight is 528 g/mol. The second-order valence-corrected chi connectivity index (χ2v) is 10.9. The van der Waals surface area contributed by atoms with E-state index in [0.29, 0.717) is 6.54 Å². The minimum Gasteiger partial charge on any atom is -0.490 e. The summed E-state index contributed by atoms with van der Waals surface area (Å²) in [5.74, 6) is -3.46. The number of fused-ring (bicyclic) bond motifs is 6. The van der Waals surface area contributed by atoms with Crippen molar-refractivity contribution in [1.82, 2.24) is 14.8 Å². The van der Waals surface area contributed by atoms with Gasteiger partial charge < -0.3 is 9.84 Å². The van der Waals surface area contributed by atoms with E-state index in [-0.39, 0.29) is 12.6 Å². The van der Waals surface area contributed by atoms with Gasteiger partial charge in [-0.2, -0.15) is 0 Å². The van der Waals surface area contributed by atoms with Crippen LogP contribution in [0.15, 0.2) is 85.1 Å². The van der Waals surface area contributed by atoms with Crippen LogP contribution >= 0.6 is 0 Å². The van der Waals surface area contributed by atoms with Crippen molar-refractivity contribution in [2.24, 2.45) is 0 Å². The Labute approximate surface area is 226 Å². The predicted molar refractivity (Wildman–Crippen MR) is 146 cm³/mol. The van der Waals surface area contributed by atoms with Crippen molar-refractivity contribution in [2.45, 2.75) is 29.9 Å². The van der Waals surface area contributed by atoms with Crippen LogP contribution < -0.4 is 4.74 Å². The Bertz CT molecular complexity index is 1440. The van der Waals surface area contributed by atoms with E-state index in [1.54, 1.807) is 6.20 Å². The first-order valence-electron chi connectivity index (χ1n) is 13.7. The smallest absolute Gasteiger partial charge is 0.263 e. The summed E-state index contributed by atoms with van der Waals surface area (Å²) < 4.78 is 35.9. The molecule has 0 spiro atoms. The number of piperazine rings is 1. The van der Waals surface area contributed by atoms with Gasteiger partial charge in [-0.05, 0) is 40.5 Å². The number of ether oxygens (including phenoxy) is 1.